The van der Waals surface area contributed by atoms with Crippen molar-refractivity contribution in [1.29, 1.82) is 0 Å². The Morgan fingerprint density at radius 2 is 1.88 bits per heavy atom. The minimum absolute atomic E-state index is 0.611. The fourth-order valence-corrected chi connectivity index (χ4v) is 2.03. The van der Waals surface area contributed by atoms with Crippen molar-refractivity contribution in [3.8, 4) is 0 Å². The molecule has 2 heterocycles. The van der Waals surface area contributed by atoms with Crippen LogP contribution in [0.3, 0.4) is 0 Å². The predicted octanol–water partition coefficient (Wildman–Crippen LogP) is 1.14. The van der Waals surface area contributed by atoms with Gasteiger partial charge in [0.25, 0.3) is 0 Å². The van der Waals surface area contributed by atoms with Gasteiger partial charge in [-0.05, 0) is 25.9 Å². The van der Waals surface area contributed by atoms with Crippen LogP contribution in [0.2, 0.25) is 0 Å². The normalized spacial score (nSPS) is 18.1. The Hall–Kier alpha value is -1.20. The van der Waals surface area contributed by atoms with Crippen molar-refractivity contribution in [3.63, 3.8) is 0 Å². The maximum atomic E-state index is 5.24. The largest absolute Gasteiger partial charge is 0.307 e. The molecule has 1 fully saturated rings. The molecule has 0 aromatic carbocycles. The monoisotopic (exact) mass is 221 g/mol. The number of hydrogen-bond donors (Lipinski definition) is 2. The molecule has 0 aliphatic carbocycles. The molecule has 0 spiro atoms. The van der Waals surface area contributed by atoms with Gasteiger partial charge in [-0.3, -0.25) is 9.88 Å². The molecule has 16 heavy (non-hydrogen) atoms. The van der Waals surface area contributed by atoms with Crippen LogP contribution in [0.4, 0.5) is 5.82 Å². The molecule has 1 aliphatic heterocycles. The summed E-state index contributed by atoms with van der Waals surface area (Å²) in [5, 5.41) is 0. The van der Waals surface area contributed by atoms with E-state index in [0.717, 1.165) is 12.2 Å². The number of hydrazine groups is 1. The Labute approximate surface area is 96.0 Å². The van der Waals surface area contributed by atoms with Gasteiger partial charge in [0.05, 0.1) is 18.1 Å². The summed E-state index contributed by atoms with van der Waals surface area (Å²) in [5.74, 6) is 5.85. The van der Waals surface area contributed by atoms with E-state index in [1.807, 2.05) is 0 Å². The lowest BCUT2D eigenvalue weighted by atomic mass is 10.2. The van der Waals surface area contributed by atoms with Gasteiger partial charge in [-0.1, -0.05) is 12.8 Å². The average molecular weight is 221 g/mol. The number of nitrogens with two attached hydrogens (primary N) is 1. The quantitative estimate of drug-likeness (QED) is 0.592. The number of hydrogen-bond acceptors (Lipinski definition) is 5. The summed E-state index contributed by atoms with van der Waals surface area (Å²) in [6, 6.07) is 0. The van der Waals surface area contributed by atoms with Crippen LogP contribution in [0.5, 0.6) is 0 Å². The van der Waals surface area contributed by atoms with Crippen molar-refractivity contribution >= 4 is 5.82 Å². The van der Waals surface area contributed by atoms with Gasteiger partial charge < -0.3 is 5.43 Å². The topological polar surface area (TPSA) is 67.1 Å². The highest BCUT2D eigenvalue weighted by atomic mass is 15.3. The highest BCUT2D eigenvalue weighted by molar-refractivity contribution is 5.28. The van der Waals surface area contributed by atoms with E-state index in [1.54, 1.807) is 12.4 Å². The van der Waals surface area contributed by atoms with Crippen molar-refractivity contribution in [3.05, 3.63) is 18.1 Å². The lowest BCUT2D eigenvalue weighted by molar-refractivity contribution is 0.273. The molecule has 1 saturated heterocycles. The van der Waals surface area contributed by atoms with E-state index in [4.69, 9.17) is 5.84 Å². The molecular formula is C11H19N5. The SMILES string of the molecule is NNc1cnc(CN2CCCCCC2)cn1. The number of nitrogens with one attached hydrogen (secondary N) is 1. The van der Waals surface area contributed by atoms with Crippen molar-refractivity contribution in [2.24, 2.45) is 5.84 Å². The first-order valence-corrected chi connectivity index (χ1v) is 5.88. The first kappa shape index (κ1) is 11.3. The Balaban J connectivity index is 1.91. The summed E-state index contributed by atoms with van der Waals surface area (Å²) < 4.78 is 0. The van der Waals surface area contributed by atoms with Gasteiger partial charge in [0.15, 0.2) is 5.82 Å². The second-order valence-corrected chi connectivity index (χ2v) is 4.23. The lowest BCUT2D eigenvalue weighted by Gasteiger charge is -2.18. The van der Waals surface area contributed by atoms with Gasteiger partial charge in [0.2, 0.25) is 0 Å². The van der Waals surface area contributed by atoms with E-state index in [1.165, 1.54) is 38.8 Å². The van der Waals surface area contributed by atoms with Crippen LogP contribution in [-0.4, -0.2) is 28.0 Å². The minimum Gasteiger partial charge on any atom is -0.307 e. The molecule has 1 aromatic heterocycles. The maximum Gasteiger partial charge on any atom is 0.158 e. The summed E-state index contributed by atoms with van der Waals surface area (Å²) in [5.41, 5.74) is 3.50. The number of likely N-dealkylation sites (tertiary alicyclic amines) is 1. The molecule has 5 nitrogen and oxygen atoms in total. The minimum atomic E-state index is 0.611. The molecule has 0 radical (unpaired) electrons. The van der Waals surface area contributed by atoms with Crippen LogP contribution >= 0.6 is 0 Å². The van der Waals surface area contributed by atoms with Crippen molar-refractivity contribution in [1.82, 2.24) is 14.9 Å². The van der Waals surface area contributed by atoms with Crippen LogP contribution in [0.15, 0.2) is 12.4 Å². The Bertz CT molecular complexity index is 303. The highest BCUT2D eigenvalue weighted by Gasteiger charge is 2.10. The number of anilines is 1. The summed E-state index contributed by atoms with van der Waals surface area (Å²) in [7, 11) is 0. The summed E-state index contributed by atoms with van der Waals surface area (Å²) in [6.45, 7) is 3.26. The van der Waals surface area contributed by atoms with Gasteiger partial charge in [-0.25, -0.2) is 10.8 Å². The lowest BCUT2D eigenvalue weighted by Crippen LogP contribution is -2.24. The van der Waals surface area contributed by atoms with Gasteiger partial charge in [0, 0.05) is 6.54 Å². The maximum absolute atomic E-state index is 5.24. The summed E-state index contributed by atoms with van der Waals surface area (Å²) in [4.78, 5) is 10.9. The molecule has 5 heteroatoms. The Morgan fingerprint density at radius 1 is 1.12 bits per heavy atom. The summed E-state index contributed by atoms with van der Waals surface area (Å²) in [6.07, 6.45) is 8.79. The van der Waals surface area contributed by atoms with Gasteiger partial charge in [0.1, 0.15) is 0 Å². The number of aromatic nitrogens is 2. The van der Waals surface area contributed by atoms with E-state index >= 15 is 0 Å². The molecule has 0 unspecified atom stereocenters. The molecule has 88 valence electrons. The van der Waals surface area contributed by atoms with Gasteiger partial charge in [-0.2, -0.15) is 0 Å². The second-order valence-electron chi connectivity index (χ2n) is 4.23. The van der Waals surface area contributed by atoms with Gasteiger partial charge >= 0.3 is 0 Å². The van der Waals surface area contributed by atoms with Crippen LogP contribution in [0.1, 0.15) is 31.4 Å². The Kier molecular flexibility index (Phi) is 4.07. The van der Waals surface area contributed by atoms with E-state index in [9.17, 15) is 0 Å². The molecule has 0 saturated carbocycles. The van der Waals surface area contributed by atoms with Crippen molar-refractivity contribution in [2.45, 2.75) is 32.2 Å². The van der Waals surface area contributed by atoms with E-state index < -0.39 is 0 Å². The zero-order valence-electron chi connectivity index (χ0n) is 9.52. The molecule has 0 bridgehead atoms. The fraction of sp³-hybridized carbons (Fsp3) is 0.636. The molecule has 0 amide bonds. The van der Waals surface area contributed by atoms with Crippen molar-refractivity contribution < 1.29 is 0 Å². The zero-order valence-corrected chi connectivity index (χ0v) is 9.52. The molecule has 1 aliphatic rings. The van der Waals surface area contributed by atoms with Gasteiger partial charge in [-0.15, -0.1) is 0 Å². The molecule has 1 aromatic rings. The molecule has 3 N–H and O–H groups in total. The number of rotatable bonds is 3. The second kappa shape index (κ2) is 5.77. The van der Waals surface area contributed by atoms with Crippen LogP contribution in [0, 0.1) is 0 Å². The summed E-state index contributed by atoms with van der Waals surface area (Å²) >= 11 is 0. The average Bonchev–Trinajstić information content (AvgIpc) is 2.59. The third-order valence-electron chi connectivity index (χ3n) is 2.94. The third kappa shape index (κ3) is 3.15. The standard InChI is InChI=1S/C11H19N5/c12-15-11-8-13-10(7-14-11)9-16-5-3-1-2-4-6-16/h7-8H,1-6,9,12H2,(H,14,15). The van der Waals surface area contributed by atoms with Crippen molar-refractivity contribution in [2.75, 3.05) is 18.5 Å². The smallest absolute Gasteiger partial charge is 0.158 e. The Morgan fingerprint density at radius 3 is 2.44 bits per heavy atom. The molecule has 0 atom stereocenters. The first-order chi connectivity index (χ1) is 7.88. The molecule has 2 rings (SSSR count). The zero-order chi connectivity index (χ0) is 11.2. The predicted molar refractivity (Wildman–Crippen MR) is 63.6 cm³/mol. The first-order valence-electron chi connectivity index (χ1n) is 5.88. The van der Waals surface area contributed by atoms with Crippen LogP contribution in [0.25, 0.3) is 0 Å². The van der Waals surface area contributed by atoms with Crippen LogP contribution in [-0.2, 0) is 6.54 Å². The van der Waals surface area contributed by atoms with E-state index in [-0.39, 0.29) is 0 Å². The molecular weight excluding hydrogens is 202 g/mol. The highest BCUT2D eigenvalue weighted by Crippen LogP contribution is 2.12. The van der Waals surface area contributed by atoms with Crippen LogP contribution < -0.4 is 11.3 Å². The third-order valence-corrected chi connectivity index (χ3v) is 2.94. The number of nitrogen functional groups attached to an aromatic ring is 1. The van der Waals surface area contributed by atoms with E-state index in [2.05, 4.69) is 20.3 Å². The van der Waals surface area contributed by atoms with E-state index in [0.29, 0.717) is 5.82 Å². The number of nitrogens with zero attached hydrogens (tertiary/aromatic N) is 3. The fourth-order valence-electron chi connectivity index (χ4n) is 2.03.